The topological polar surface area (TPSA) is 84.9 Å². The van der Waals surface area contributed by atoms with Gasteiger partial charge in [-0.2, -0.15) is 0 Å². The molecule has 1 saturated heterocycles. The number of carbonyl (C=O) groups excluding carboxylic acids is 3. The lowest BCUT2D eigenvalue weighted by Gasteiger charge is -2.35. The third-order valence-corrected chi connectivity index (χ3v) is 5.73. The molecular formula is C21H34N2O5. The maximum Gasteiger partial charge on any atom is 0.408 e. The zero-order chi connectivity index (χ0) is 21.1. The van der Waals surface area contributed by atoms with E-state index in [4.69, 9.17) is 9.47 Å². The minimum Gasteiger partial charge on any atom is -0.467 e. The summed E-state index contributed by atoms with van der Waals surface area (Å²) in [5.41, 5.74) is -0.537. The number of amides is 2. The number of rotatable bonds is 7. The van der Waals surface area contributed by atoms with Crippen LogP contribution in [0, 0.1) is 17.3 Å². The number of hydrogen-bond donors (Lipinski definition) is 1. The Bertz CT molecular complexity index is 612. The average molecular weight is 395 g/mol. The monoisotopic (exact) mass is 394 g/mol. The van der Waals surface area contributed by atoms with E-state index in [1.54, 1.807) is 4.90 Å². The summed E-state index contributed by atoms with van der Waals surface area (Å²) >= 11 is 0. The number of ether oxygens (including phenoxy) is 2. The molecule has 2 aliphatic rings. The van der Waals surface area contributed by atoms with E-state index in [1.807, 2.05) is 33.8 Å². The maximum absolute atomic E-state index is 13.3. The third kappa shape index (κ3) is 5.06. The van der Waals surface area contributed by atoms with Crippen LogP contribution >= 0.6 is 0 Å². The molecule has 0 aromatic rings. The van der Waals surface area contributed by atoms with Gasteiger partial charge in [-0.1, -0.05) is 40.2 Å². The highest BCUT2D eigenvalue weighted by Gasteiger charge is 2.47. The normalized spacial score (nSPS) is 27.7. The number of carbonyl (C=O) groups is 3. The molecule has 28 heavy (non-hydrogen) atoms. The van der Waals surface area contributed by atoms with Gasteiger partial charge in [-0.3, -0.25) is 4.79 Å². The number of esters is 1. The van der Waals surface area contributed by atoms with Crippen LogP contribution in [0.4, 0.5) is 4.79 Å². The molecule has 0 aromatic heterocycles. The Morgan fingerprint density at radius 2 is 1.96 bits per heavy atom. The van der Waals surface area contributed by atoms with Crippen molar-refractivity contribution in [1.29, 1.82) is 0 Å². The molecule has 0 bridgehead atoms. The SMILES string of the molecule is C=CC[C@@H]1C[C@H]1OC(=O)N[C@H](C(=O)N1CC[C@@H](CC)[C@H]1C(=O)OC)C(C)(C)C. The molecule has 1 aliphatic carbocycles. The first-order chi connectivity index (χ1) is 13.1. The molecule has 7 nitrogen and oxygen atoms in total. The van der Waals surface area contributed by atoms with Gasteiger partial charge in [0.05, 0.1) is 7.11 Å². The highest BCUT2D eigenvalue weighted by atomic mass is 16.6. The van der Waals surface area contributed by atoms with E-state index in [0.717, 1.165) is 25.7 Å². The Kier molecular flexibility index (Phi) is 7.12. The minimum absolute atomic E-state index is 0.0649. The van der Waals surface area contributed by atoms with Crippen molar-refractivity contribution in [2.24, 2.45) is 17.3 Å². The number of nitrogens with zero attached hydrogens (tertiary/aromatic N) is 1. The molecular weight excluding hydrogens is 360 g/mol. The summed E-state index contributed by atoms with van der Waals surface area (Å²) < 4.78 is 10.4. The molecule has 1 heterocycles. The van der Waals surface area contributed by atoms with Crippen molar-refractivity contribution in [3.8, 4) is 0 Å². The molecule has 2 amide bonds. The Morgan fingerprint density at radius 3 is 2.50 bits per heavy atom. The van der Waals surface area contributed by atoms with Gasteiger partial charge in [0.1, 0.15) is 18.2 Å². The van der Waals surface area contributed by atoms with Gasteiger partial charge in [0.25, 0.3) is 0 Å². The van der Waals surface area contributed by atoms with Crippen LogP contribution in [0.25, 0.3) is 0 Å². The van der Waals surface area contributed by atoms with E-state index >= 15 is 0 Å². The Balaban J connectivity index is 2.09. The fraction of sp³-hybridized carbons (Fsp3) is 0.762. The first-order valence-corrected chi connectivity index (χ1v) is 10.1. The predicted octanol–water partition coefficient (Wildman–Crippen LogP) is 2.89. The average Bonchev–Trinajstić information content (AvgIpc) is 3.20. The zero-order valence-electron chi connectivity index (χ0n) is 17.7. The van der Waals surface area contributed by atoms with Crippen molar-refractivity contribution in [3.63, 3.8) is 0 Å². The van der Waals surface area contributed by atoms with Gasteiger partial charge >= 0.3 is 12.1 Å². The molecule has 2 rings (SSSR count). The van der Waals surface area contributed by atoms with E-state index < -0.39 is 29.6 Å². The molecule has 5 atom stereocenters. The smallest absolute Gasteiger partial charge is 0.408 e. The number of hydrogen-bond acceptors (Lipinski definition) is 5. The molecule has 158 valence electrons. The maximum atomic E-state index is 13.3. The molecule has 2 fully saturated rings. The summed E-state index contributed by atoms with van der Waals surface area (Å²) in [6.07, 6.45) is 4.27. The van der Waals surface area contributed by atoms with Crippen LogP contribution in [0.5, 0.6) is 0 Å². The van der Waals surface area contributed by atoms with Crippen LogP contribution in [0.15, 0.2) is 12.7 Å². The van der Waals surface area contributed by atoms with Crippen molar-refractivity contribution in [2.75, 3.05) is 13.7 Å². The standard InChI is InChI=1S/C21H34N2O5/c1-7-9-14-12-15(14)28-20(26)22-17(21(3,4)5)18(24)23-11-10-13(8-2)16(23)19(25)27-6/h7,13-17H,1,8-12H2,2-6H3,(H,22,26)/t13-,14-,15-,16+,17-/m1/s1. The van der Waals surface area contributed by atoms with Crippen molar-refractivity contribution in [1.82, 2.24) is 10.2 Å². The van der Waals surface area contributed by atoms with Crippen molar-refractivity contribution >= 4 is 18.0 Å². The zero-order valence-corrected chi connectivity index (χ0v) is 17.7. The van der Waals surface area contributed by atoms with E-state index in [9.17, 15) is 14.4 Å². The second kappa shape index (κ2) is 8.97. The van der Waals surface area contributed by atoms with Gasteiger partial charge in [0.2, 0.25) is 5.91 Å². The second-order valence-corrected chi connectivity index (χ2v) is 8.86. The Morgan fingerprint density at radius 1 is 1.29 bits per heavy atom. The lowest BCUT2D eigenvalue weighted by atomic mass is 9.85. The van der Waals surface area contributed by atoms with Crippen molar-refractivity contribution in [2.45, 2.75) is 71.6 Å². The van der Waals surface area contributed by atoms with Crippen LogP contribution in [0.3, 0.4) is 0 Å². The second-order valence-electron chi connectivity index (χ2n) is 8.86. The summed E-state index contributed by atoms with van der Waals surface area (Å²) in [6.45, 7) is 11.8. The van der Waals surface area contributed by atoms with Crippen molar-refractivity contribution < 1.29 is 23.9 Å². The van der Waals surface area contributed by atoms with Gasteiger partial charge in [-0.25, -0.2) is 9.59 Å². The lowest BCUT2D eigenvalue weighted by molar-refractivity contribution is -0.154. The van der Waals surface area contributed by atoms with Crippen LogP contribution in [0.1, 0.15) is 53.4 Å². The molecule has 1 N–H and O–H groups in total. The van der Waals surface area contributed by atoms with Crippen LogP contribution in [0.2, 0.25) is 0 Å². The largest absolute Gasteiger partial charge is 0.467 e. The van der Waals surface area contributed by atoms with E-state index in [1.165, 1.54) is 7.11 Å². The summed E-state index contributed by atoms with van der Waals surface area (Å²) in [4.78, 5) is 39.6. The Labute approximate surface area is 167 Å². The van der Waals surface area contributed by atoms with Gasteiger partial charge in [-0.15, -0.1) is 6.58 Å². The quantitative estimate of drug-likeness (QED) is 0.530. The summed E-state index contributed by atoms with van der Waals surface area (Å²) in [5, 5.41) is 2.75. The van der Waals surface area contributed by atoms with Crippen molar-refractivity contribution in [3.05, 3.63) is 12.7 Å². The predicted molar refractivity (Wildman–Crippen MR) is 105 cm³/mol. The highest BCUT2D eigenvalue weighted by molar-refractivity contribution is 5.91. The van der Waals surface area contributed by atoms with Crippen LogP contribution in [-0.2, 0) is 19.1 Å². The van der Waals surface area contributed by atoms with Gasteiger partial charge in [-0.05, 0) is 30.6 Å². The number of allylic oxidation sites excluding steroid dienone is 1. The van der Waals surface area contributed by atoms with E-state index in [-0.39, 0.29) is 17.9 Å². The highest BCUT2D eigenvalue weighted by Crippen LogP contribution is 2.37. The molecule has 1 saturated carbocycles. The molecule has 0 unspecified atom stereocenters. The minimum atomic E-state index is -0.792. The summed E-state index contributed by atoms with van der Waals surface area (Å²) in [7, 11) is 1.34. The summed E-state index contributed by atoms with van der Waals surface area (Å²) in [5.74, 6) is -0.290. The molecule has 0 aromatic carbocycles. The number of likely N-dealkylation sites (tertiary alicyclic amines) is 1. The molecule has 1 aliphatic heterocycles. The third-order valence-electron chi connectivity index (χ3n) is 5.73. The summed E-state index contributed by atoms with van der Waals surface area (Å²) in [6, 6.07) is -1.40. The fourth-order valence-electron chi connectivity index (χ4n) is 3.90. The fourth-order valence-corrected chi connectivity index (χ4v) is 3.90. The Hall–Kier alpha value is -2.05. The number of nitrogens with one attached hydrogen (secondary N) is 1. The first-order valence-electron chi connectivity index (χ1n) is 10.1. The number of methoxy groups -OCH3 is 1. The van der Waals surface area contributed by atoms with Crippen LogP contribution in [-0.4, -0.2) is 54.7 Å². The van der Waals surface area contributed by atoms with E-state index in [0.29, 0.717) is 12.5 Å². The van der Waals surface area contributed by atoms with E-state index in [2.05, 4.69) is 11.9 Å². The number of alkyl carbamates (subject to hydrolysis) is 1. The first kappa shape index (κ1) is 22.2. The molecule has 7 heteroatoms. The van der Waals surface area contributed by atoms with Gasteiger partial charge in [0.15, 0.2) is 0 Å². The van der Waals surface area contributed by atoms with Crippen LogP contribution < -0.4 is 5.32 Å². The molecule has 0 radical (unpaired) electrons. The van der Waals surface area contributed by atoms with Gasteiger partial charge < -0.3 is 19.7 Å². The molecule has 0 spiro atoms. The van der Waals surface area contributed by atoms with Gasteiger partial charge in [0, 0.05) is 12.5 Å². The lowest BCUT2D eigenvalue weighted by Crippen LogP contribution is -2.57.